The van der Waals surface area contributed by atoms with Gasteiger partial charge >= 0.3 is 0 Å². The Kier molecular flexibility index (Phi) is 4.87. The summed E-state index contributed by atoms with van der Waals surface area (Å²) in [5.74, 6) is 3.55. The molecule has 36 heavy (non-hydrogen) atoms. The topological polar surface area (TPSA) is 30.9 Å². The lowest BCUT2D eigenvalue weighted by Crippen LogP contribution is -2.75. The van der Waals surface area contributed by atoms with Crippen molar-refractivity contribution in [1.29, 1.82) is 0 Å². The van der Waals surface area contributed by atoms with Crippen LogP contribution >= 0.6 is 0 Å². The van der Waals surface area contributed by atoms with Gasteiger partial charge < -0.3 is 14.2 Å². The van der Waals surface area contributed by atoms with E-state index in [4.69, 9.17) is 14.2 Å². The minimum Gasteiger partial charge on any atom is -0.493 e. The predicted octanol–water partition coefficient (Wildman–Crippen LogP) is 5.55. The SMILES string of the molecule is COc1ccc2c3c1OC1[C@H]4OC[C@@]4(CCCc4ccccc4)CC4C(C2)N(CC2CCC2)CCC341. The Bertz CT molecular complexity index is 1160. The van der Waals surface area contributed by atoms with E-state index in [9.17, 15) is 0 Å². The summed E-state index contributed by atoms with van der Waals surface area (Å²) < 4.78 is 19.4. The number of nitrogens with zero attached hydrogens (tertiary/aromatic N) is 1. The molecule has 4 heteroatoms. The molecule has 0 radical (unpaired) electrons. The summed E-state index contributed by atoms with van der Waals surface area (Å²) in [5.41, 5.74) is 4.84. The molecule has 2 bridgehead atoms. The number of likely N-dealkylation sites (tertiary alicyclic amines) is 1. The Labute approximate surface area is 215 Å². The van der Waals surface area contributed by atoms with E-state index in [1.54, 1.807) is 7.11 Å². The zero-order valence-electron chi connectivity index (χ0n) is 21.6. The number of ether oxygens (including phenoxy) is 3. The lowest BCUT2D eigenvalue weighted by Gasteiger charge is -2.67. The van der Waals surface area contributed by atoms with Gasteiger partial charge in [0, 0.05) is 29.0 Å². The molecule has 2 aromatic carbocycles. The molecule has 6 aliphatic rings. The summed E-state index contributed by atoms with van der Waals surface area (Å²) in [6.45, 7) is 3.43. The van der Waals surface area contributed by atoms with Crippen LogP contribution in [0.25, 0.3) is 0 Å². The predicted molar refractivity (Wildman–Crippen MR) is 140 cm³/mol. The summed E-state index contributed by atoms with van der Waals surface area (Å²) in [6.07, 6.45) is 12.0. The number of methoxy groups -OCH3 is 1. The Morgan fingerprint density at radius 2 is 1.97 bits per heavy atom. The molecule has 3 aliphatic carbocycles. The highest BCUT2D eigenvalue weighted by Gasteiger charge is 2.73. The second-order valence-electron chi connectivity index (χ2n) is 12.8. The summed E-state index contributed by atoms with van der Waals surface area (Å²) in [6, 6.07) is 16.2. The van der Waals surface area contributed by atoms with Crippen LogP contribution in [-0.2, 0) is 23.0 Å². The van der Waals surface area contributed by atoms with E-state index in [-0.39, 0.29) is 23.0 Å². The monoisotopic (exact) mass is 485 g/mol. The first kappa shape index (κ1) is 22.0. The van der Waals surface area contributed by atoms with Gasteiger partial charge in [0.1, 0.15) is 12.2 Å². The number of hydrogen-bond donors (Lipinski definition) is 0. The van der Waals surface area contributed by atoms with Gasteiger partial charge in [-0.3, -0.25) is 4.90 Å². The molecular formula is C32H39NO3. The van der Waals surface area contributed by atoms with Crippen LogP contribution in [0.5, 0.6) is 11.5 Å². The molecule has 6 atom stereocenters. The highest BCUT2D eigenvalue weighted by Crippen LogP contribution is 2.69. The minimum absolute atomic E-state index is 0.103. The highest BCUT2D eigenvalue weighted by molar-refractivity contribution is 5.61. The van der Waals surface area contributed by atoms with Gasteiger partial charge in [-0.15, -0.1) is 0 Å². The van der Waals surface area contributed by atoms with Crippen LogP contribution in [0.15, 0.2) is 42.5 Å². The molecule has 3 aliphatic heterocycles. The average molecular weight is 486 g/mol. The molecule has 1 spiro atoms. The smallest absolute Gasteiger partial charge is 0.165 e. The van der Waals surface area contributed by atoms with Gasteiger partial charge in [-0.05, 0) is 86.9 Å². The number of aryl methyl sites for hydroxylation is 1. The van der Waals surface area contributed by atoms with E-state index in [1.165, 1.54) is 81.1 Å². The second-order valence-corrected chi connectivity index (χ2v) is 12.8. The molecule has 4 unspecified atom stereocenters. The molecule has 0 aromatic heterocycles. The number of hydrogen-bond acceptors (Lipinski definition) is 4. The van der Waals surface area contributed by atoms with E-state index in [0.29, 0.717) is 12.0 Å². The maximum atomic E-state index is 7.00. The molecule has 2 saturated carbocycles. The lowest BCUT2D eigenvalue weighted by molar-refractivity contribution is -0.280. The van der Waals surface area contributed by atoms with Crippen molar-refractivity contribution in [3.63, 3.8) is 0 Å². The van der Waals surface area contributed by atoms with E-state index >= 15 is 0 Å². The Hall–Kier alpha value is -2.04. The Morgan fingerprint density at radius 3 is 2.72 bits per heavy atom. The van der Waals surface area contributed by atoms with Gasteiger partial charge in [0.15, 0.2) is 11.5 Å². The van der Waals surface area contributed by atoms with Crippen molar-refractivity contribution in [1.82, 2.24) is 4.90 Å². The lowest BCUT2D eigenvalue weighted by atomic mass is 9.45. The van der Waals surface area contributed by atoms with Crippen LogP contribution in [0.1, 0.15) is 61.6 Å². The highest BCUT2D eigenvalue weighted by atomic mass is 16.6. The second kappa shape index (κ2) is 7.98. The molecule has 4 fully saturated rings. The first-order valence-electron chi connectivity index (χ1n) is 14.5. The number of rotatable bonds is 7. The van der Waals surface area contributed by atoms with Crippen molar-refractivity contribution < 1.29 is 14.2 Å². The number of piperidine rings is 1. The van der Waals surface area contributed by atoms with Crippen LogP contribution in [0.2, 0.25) is 0 Å². The molecule has 190 valence electrons. The van der Waals surface area contributed by atoms with Gasteiger partial charge in [0.25, 0.3) is 0 Å². The fraction of sp³-hybridized carbons (Fsp3) is 0.625. The van der Waals surface area contributed by atoms with Crippen molar-refractivity contribution in [2.45, 2.75) is 81.5 Å². The summed E-state index contributed by atoms with van der Waals surface area (Å²) >= 11 is 0. The van der Waals surface area contributed by atoms with Crippen molar-refractivity contribution in [3.8, 4) is 11.5 Å². The largest absolute Gasteiger partial charge is 0.493 e. The third kappa shape index (κ3) is 2.89. The standard InChI is InChI=1S/C32H39NO3/c1-34-26-13-12-23-17-25-24-18-31(14-6-11-21-7-3-2-4-8-21)20-35-29(31)30-32(24,27(23)28(26)36-30)15-16-33(25)19-22-9-5-10-22/h2-4,7-8,12-13,22,24-25,29-30H,5-6,9-11,14-20H2,1H3/t24?,25?,29-,30?,31-,32?/m1/s1. The molecule has 4 nitrogen and oxygen atoms in total. The fourth-order valence-electron chi connectivity index (χ4n) is 9.30. The van der Waals surface area contributed by atoms with Gasteiger partial charge in [-0.25, -0.2) is 0 Å². The van der Waals surface area contributed by atoms with E-state index < -0.39 is 0 Å². The molecule has 2 saturated heterocycles. The first-order chi connectivity index (χ1) is 17.7. The van der Waals surface area contributed by atoms with Crippen LogP contribution in [-0.4, -0.2) is 50.0 Å². The van der Waals surface area contributed by atoms with Crippen LogP contribution < -0.4 is 9.47 Å². The van der Waals surface area contributed by atoms with E-state index in [1.807, 2.05) is 0 Å². The summed E-state index contributed by atoms with van der Waals surface area (Å²) in [7, 11) is 1.79. The van der Waals surface area contributed by atoms with Crippen LogP contribution in [0, 0.1) is 17.3 Å². The normalized spacial score (nSPS) is 37.8. The van der Waals surface area contributed by atoms with Crippen LogP contribution in [0.3, 0.4) is 0 Å². The first-order valence-corrected chi connectivity index (χ1v) is 14.5. The Balaban J connectivity index is 1.16. The third-order valence-electron chi connectivity index (χ3n) is 11.2. The molecule has 2 aromatic rings. The van der Waals surface area contributed by atoms with Gasteiger partial charge in [0.05, 0.1) is 13.7 Å². The molecule has 0 N–H and O–H groups in total. The molecule has 0 amide bonds. The van der Waals surface area contributed by atoms with E-state index in [0.717, 1.165) is 30.4 Å². The third-order valence-corrected chi connectivity index (χ3v) is 11.2. The quantitative estimate of drug-likeness (QED) is 0.514. The molecular weight excluding hydrogens is 446 g/mol. The number of fused-ring (bicyclic) bond motifs is 2. The zero-order chi connectivity index (χ0) is 23.9. The maximum absolute atomic E-state index is 7.00. The summed E-state index contributed by atoms with van der Waals surface area (Å²) in [4.78, 5) is 2.92. The minimum atomic E-state index is 0.103. The summed E-state index contributed by atoms with van der Waals surface area (Å²) in [5, 5.41) is 0. The van der Waals surface area contributed by atoms with Crippen molar-refractivity contribution in [2.75, 3.05) is 26.8 Å². The van der Waals surface area contributed by atoms with Crippen molar-refractivity contribution in [3.05, 3.63) is 59.2 Å². The van der Waals surface area contributed by atoms with Gasteiger partial charge in [0.2, 0.25) is 0 Å². The Morgan fingerprint density at radius 1 is 1.08 bits per heavy atom. The van der Waals surface area contributed by atoms with E-state index in [2.05, 4.69) is 47.4 Å². The molecule has 8 rings (SSSR count). The van der Waals surface area contributed by atoms with Crippen molar-refractivity contribution in [2.24, 2.45) is 17.3 Å². The fourth-order valence-corrected chi connectivity index (χ4v) is 9.30. The molecule has 3 heterocycles. The average Bonchev–Trinajstić information content (AvgIpc) is 3.18. The van der Waals surface area contributed by atoms with Gasteiger partial charge in [-0.2, -0.15) is 0 Å². The van der Waals surface area contributed by atoms with Gasteiger partial charge in [-0.1, -0.05) is 42.8 Å². The van der Waals surface area contributed by atoms with Crippen LogP contribution in [0.4, 0.5) is 0 Å². The van der Waals surface area contributed by atoms with Crippen molar-refractivity contribution >= 4 is 0 Å². The number of benzene rings is 2. The maximum Gasteiger partial charge on any atom is 0.165 e. The zero-order valence-corrected chi connectivity index (χ0v) is 21.6.